The molecule has 0 atom stereocenters. The summed E-state index contributed by atoms with van der Waals surface area (Å²) in [6.45, 7) is 2.23. The Balaban J connectivity index is 1.70. The van der Waals surface area contributed by atoms with Crippen molar-refractivity contribution < 1.29 is 14.4 Å². The summed E-state index contributed by atoms with van der Waals surface area (Å²) >= 11 is 0. The van der Waals surface area contributed by atoms with Crippen LogP contribution in [0, 0.1) is 0 Å². The predicted molar refractivity (Wildman–Crippen MR) is 117 cm³/mol. The molecule has 3 aromatic rings. The second kappa shape index (κ2) is 10.2. The maximum Gasteiger partial charge on any atom is 0.252 e. The SMILES string of the molecule is CCCC(=O)Nc1cccc(CNC(=O)c2ccccc2C(=O)c2ccccc2)c1. The van der Waals surface area contributed by atoms with Crippen molar-refractivity contribution in [1.29, 1.82) is 0 Å². The highest BCUT2D eigenvalue weighted by molar-refractivity contribution is 6.15. The minimum Gasteiger partial charge on any atom is -0.348 e. The van der Waals surface area contributed by atoms with Gasteiger partial charge in [-0.25, -0.2) is 0 Å². The lowest BCUT2D eigenvalue weighted by molar-refractivity contribution is -0.116. The first kappa shape index (κ1) is 21.0. The highest BCUT2D eigenvalue weighted by Crippen LogP contribution is 2.16. The van der Waals surface area contributed by atoms with Crippen LogP contribution in [0.2, 0.25) is 0 Å². The fourth-order valence-corrected chi connectivity index (χ4v) is 3.11. The average molecular weight is 400 g/mol. The molecule has 3 aromatic carbocycles. The van der Waals surface area contributed by atoms with E-state index in [9.17, 15) is 14.4 Å². The van der Waals surface area contributed by atoms with Gasteiger partial charge >= 0.3 is 0 Å². The van der Waals surface area contributed by atoms with Gasteiger partial charge in [0.1, 0.15) is 0 Å². The molecule has 0 unspecified atom stereocenters. The van der Waals surface area contributed by atoms with Crippen LogP contribution in [0.1, 0.15) is 51.6 Å². The van der Waals surface area contributed by atoms with Gasteiger partial charge in [-0.1, -0.05) is 67.6 Å². The van der Waals surface area contributed by atoms with E-state index in [1.807, 2.05) is 37.3 Å². The third kappa shape index (κ3) is 5.41. The zero-order valence-corrected chi connectivity index (χ0v) is 16.9. The highest BCUT2D eigenvalue weighted by atomic mass is 16.2. The van der Waals surface area contributed by atoms with Crippen LogP contribution in [0.5, 0.6) is 0 Å². The van der Waals surface area contributed by atoms with Crippen LogP contribution >= 0.6 is 0 Å². The van der Waals surface area contributed by atoms with E-state index >= 15 is 0 Å². The minimum absolute atomic E-state index is 0.0352. The summed E-state index contributed by atoms with van der Waals surface area (Å²) in [6, 6.07) is 23.0. The van der Waals surface area contributed by atoms with E-state index in [0.717, 1.165) is 12.0 Å². The summed E-state index contributed by atoms with van der Waals surface area (Å²) < 4.78 is 0. The lowest BCUT2D eigenvalue weighted by Crippen LogP contribution is -2.25. The van der Waals surface area contributed by atoms with E-state index in [2.05, 4.69) is 10.6 Å². The van der Waals surface area contributed by atoms with Crippen molar-refractivity contribution in [3.05, 3.63) is 101 Å². The van der Waals surface area contributed by atoms with Crippen LogP contribution in [0.25, 0.3) is 0 Å². The standard InChI is InChI=1S/C25H24N2O3/c1-2-9-23(28)27-20-13-8-10-18(16-20)17-26-25(30)22-15-7-6-14-21(22)24(29)19-11-4-3-5-12-19/h3-8,10-16H,2,9,17H2,1H3,(H,26,30)(H,27,28). The first-order valence-corrected chi connectivity index (χ1v) is 9.94. The zero-order chi connectivity index (χ0) is 21.3. The molecule has 0 heterocycles. The average Bonchev–Trinajstić information content (AvgIpc) is 2.78. The lowest BCUT2D eigenvalue weighted by Gasteiger charge is -2.11. The van der Waals surface area contributed by atoms with Crippen molar-refractivity contribution in [2.45, 2.75) is 26.3 Å². The molecule has 0 radical (unpaired) electrons. The number of ketones is 1. The van der Waals surface area contributed by atoms with Crippen LogP contribution in [-0.4, -0.2) is 17.6 Å². The second-order valence-corrected chi connectivity index (χ2v) is 6.92. The van der Waals surface area contributed by atoms with Crippen LogP contribution in [0.15, 0.2) is 78.9 Å². The molecule has 0 bridgehead atoms. The number of hydrogen-bond acceptors (Lipinski definition) is 3. The molecule has 0 aliphatic carbocycles. The Bertz CT molecular complexity index is 1050. The molecule has 0 saturated heterocycles. The Labute approximate surface area is 176 Å². The number of nitrogens with one attached hydrogen (secondary N) is 2. The van der Waals surface area contributed by atoms with Gasteiger partial charge in [-0.15, -0.1) is 0 Å². The summed E-state index contributed by atoms with van der Waals surface area (Å²) in [4.78, 5) is 37.4. The number of carbonyl (C=O) groups is 3. The number of hydrogen-bond donors (Lipinski definition) is 2. The molecular formula is C25H24N2O3. The highest BCUT2D eigenvalue weighted by Gasteiger charge is 2.17. The van der Waals surface area contributed by atoms with Crippen molar-refractivity contribution in [3.63, 3.8) is 0 Å². The third-order valence-electron chi connectivity index (χ3n) is 4.59. The van der Waals surface area contributed by atoms with E-state index in [1.54, 1.807) is 48.5 Å². The van der Waals surface area contributed by atoms with E-state index in [-0.39, 0.29) is 24.1 Å². The fourth-order valence-electron chi connectivity index (χ4n) is 3.11. The molecule has 0 aliphatic rings. The van der Waals surface area contributed by atoms with Gasteiger partial charge in [0, 0.05) is 29.8 Å². The molecule has 2 amide bonds. The van der Waals surface area contributed by atoms with Gasteiger partial charge in [0.2, 0.25) is 5.91 Å². The number of amides is 2. The molecule has 30 heavy (non-hydrogen) atoms. The largest absolute Gasteiger partial charge is 0.348 e. The quantitative estimate of drug-likeness (QED) is 0.543. The van der Waals surface area contributed by atoms with Crippen LogP contribution < -0.4 is 10.6 Å². The molecule has 0 aromatic heterocycles. The topological polar surface area (TPSA) is 75.3 Å². The molecule has 2 N–H and O–H groups in total. The van der Waals surface area contributed by atoms with Crippen molar-refractivity contribution in [2.24, 2.45) is 0 Å². The Hall–Kier alpha value is -3.73. The first-order valence-electron chi connectivity index (χ1n) is 9.94. The second-order valence-electron chi connectivity index (χ2n) is 6.92. The Morgan fingerprint density at radius 3 is 2.23 bits per heavy atom. The number of carbonyl (C=O) groups excluding carboxylic acids is 3. The van der Waals surface area contributed by atoms with Crippen molar-refractivity contribution >= 4 is 23.3 Å². The molecule has 3 rings (SSSR count). The Morgan fingerprint density at radius 2 is 1.50 bits per heavy atom. The minimum atomic E-state index is -0.324. The number of anilines is 1. The van der Waals surface area contributed by atoms with Gasteiger partial charge in [-0.3, -0.25) is 14.4 Å². The summed E-state index contributed by atoms with van der Waals surface area (Å²) in [6.07, 6.45) is 1.25. The summed E-state index contributed by atoms with van der Waals surface area (Å²) in [5, 5.41) is 5.71. The first-order chi connectivity index (χ1) is 14.6. The van der Waals surface area contributed by atoms with E-state index in [0.29, 0.717) is 28.8 Å². The van der Waals surface area contributed by atoms with E-state index in [4.69, 9.17) is 0 Å². The predicted octanol–water partition coefficient (Wildman–Crippen LogP) is 4.59. The summed E-state index contributed by atoms with van der Waals surface area (Å²) in [5.41, 5.74) is 2.78. The van der Waals surface area contributed by atoms with Gasteiger partial charge in [0.25, 0.3) is 5.91 Å². The third-order valence-corrected chi connectivity index (χ3v) is 4.59. The molecule has 0 aliphatic heterocycles. The van der Waals surface area contributed by atoms with Crippen molar-refractivity contribution in [2.75, 3.05) is 5.32 Å². The monoisotopic (exact) mass is 400 g/mol. The fraction of sp³-hybridized carbons (Fsp3) is 0.160. The summed E-state index contributed by atoms with van der Waals surface area (Å²) in [5.74, 6) is -0.552. The van der Waals surface area contributed by atoms with Crippen molar-refractivity contribution in [3.8, 4) is 0 Å². The number of benzene rings is 3. The van der Waals surface area contributed by atoms with E-state index < -0.39 is 0 Å². The molecule has 5 heteroatoms. The van der Waals surface area contributed by atoms with Crippen molar-refractivity contribution in [1.82, 2.24) is 5.32 Å². The molecule has 0 saturated carbocycles. The number of rotatable bonds is 8. The zero-order valence-electron chi connectivity index (χ0n) is 16.9. The smallest absolute Gasteiger partial charge is 0.252 e. The maximum absolute atomic E-state index is 12.8. The van der Waals surface area contributed by atoms with Crippen LogP contribution in [0.3, 0.4) is 0 Å². The van der Waals surface area contributed by atoms with Gasteiger partial charge in [0.15, 0.2) is 5.78 Å². The van der Waals surface area contributed by atoms with Gasteiger partial charge < -0.3 is 10.6 Å². The van der Waals surface area contributed by atoms with E-state index in [1.165, 1.54) is 0 Å². The summed E-state index contributed by atoms with van der Waals surface area (Å²) in [7, 11) is 0. The molecular weight excluding hydrogens is 376 g/mol. The van der Waals surface area contributed by atoms with Crippen LogP contribution in [-0.2, 0) is 11.3 Å². The maximum atomic E-state index is 12.8. The molecule has 152 valence electrons. The van der Waals surface area contributed by atoms with Gasteiger partial charge in [0.05, 0.1) is 5.56 Å². The molecule has 0 fully saturated rings. The normalized spacial score (nSPS) is 10.3. The Kier molecular flexibility index (Phi) is 7.11. The van der Waals surface area contributed by atoms with Gasteiger partial charge in [-0.2, -0.15) is 0 Å². The molecule has 0 spiro atoms. The van der Waals surface area contributed by atoms with Crippen LogP contribution in [0.4, 0.5) is 5.69 Å². The van der Waals surface area contributed by atoms with Gasteiger partial charge in [-0.05, 0) is 30.2 Å². The Morgan fingerprint density at radius 1 is 0.800 bits per heavy atom. The lowest BCUT2D eigenvalue weighted by atomic mass is 9.98. The molecule has 5 nitrogen and oxygen atoms in total.